The lowest BCUT2D eigenvalue weighted by atomic mass is 10.0. The summed E-state index contributed by atoms with van der Waals surface area (Å²) in [5, 5.41) is 3.42. The summed E-state index contributed by atoms with van der Waals surface area (Å²) in [6, 6.07) is 0.671. The molecule has 0 spiro atoms. The van der Waals surface area contributed by atoms with Crippen molar-refractivity contribution >= 4 is 0 Å². The Morgan fingerprint density at radius 3 is 3.14 bits per heavy atom. The predicted molar refractivity (Wildman–Crippen MR) is 55.4 cm³/mol. The topological polar surface area (TPSA) is 29.9 Å². The van der Waals surface area contributed by atoms with Crippen LogP contribution in [0.1, 0.15) is 36.7 Å². The fourth-order valence-electron chi connectivity index (χ4n) is 2.68. The van der Waals surface area contributed by atoms with Gasteiger partial charge >= 0.3 is 0 Å². The number of fused-ring (bicyclic) bond motifs is 1. The van der Waals surface area contributed by atoms with E-state index in [-0.39, 0.29) is 0 Å². The molecule has 0 radical (unpaired) electrons. The molecule has 3 rings (SSSR count). The molecule has 0 bridgehead atoms. The summed E-state index contributed by atoms with van der Waals surface area (Å²) in [6.45, 7) is 2.29. The summed E-state index contributed by atoms with van der Waals surface area (Å²) in [7, 11) is 0. The normalized spacial score (nSPS) is 26.4. The summed E-state index contributed by atoms with van der Waals surface area (Å²) < 4.78 is 2.43. The molecule has 1 N–H and O–H groups in total. The molecular weight excluding hydrogens is 174 g/mol. The maximum atomic E-state index is 4.54. The average molecular weight is 191 g/mol. The van der Waals surface area contributed by atoms with E-state index in [9.17, 15) is 0 Å². The SMILES string of the molecule is c1nc2c(n1C1CCNC1)CCCC2. The Bertz CT molecular complexity index is 323. The van der Waals surface area contributed by atoms with E-state index < -0.39 is 0 Å². The van der Waals surface area contributed by atoms with Crippen LogP contribution in [0.5, 0.6) is 0 Å². The minimum Gasteiger partial charge on any atom is -0.330 e. The highest BCUT2D eigenvalue weighted by molar-refractivity contribution is 5.17. The van der Waals surface area contributed by atoms with Gasteiger partial charge in [0.05, 0.1) is 12.0 Å². The summed E-state index contributed by atoms with van der Waals surface area (Å²) >= 11 is 0. The third kappa shape index (κ3) is 1.27. The molecule has 0 aromatic carbocycles. The van der Waals surface area contributed by atoms with Crippen LogP contribution in [0.4, 0.5) is 0 Å². The molecule has 1 saturated heterocycles. The van der Waals surface area contributed by atoms with Gasteiger partial charge in [0.2, 0.25) is 0 Å². The Hall–Kier alpha value is -0.830. The van der Waals surface area contributed by atoms with Crippen LogP contribution in [0.15, 0.2) is 6.33 Å². The van der Waals surface area contributed by atoms with Crippen LogP contribution in [0.25, 0.3) is 0 Å². The first-order valence-electron chi connectivity index (χ1n) is 5.70. The minimum atomic E-state index is 0.671. The summed E-state index contributed by atoms with van der Waals surface area (Å²) in [5.41, 5.74) is 2.88. The van der Waals surface area contributed by atoms with Crippen LogP contribution >= 0.6 is 0 Å². The van der Waals surface area contributed by atoms with E-state index in [0.29, 0.717) is 6.04 Å². The summed E-state index contributed by atoms with van der Waals surface area (Å²) in [5.74, 6) is 0. The van der Waals surface area contributed by atoms with Crippen molar-refractivity contribution in [2.45, 2.75) is 38.1 Å². The molecule has 1 aliphatic carbocycles. The summed E-state index contributed by atoms with van der Waals surface area (Å²) in [6.07, 6.45) is 8.44. The minimum absolute atomic E-state index is 0.671. The van der Waals surface area contributed by atoms with Crippen LogP contribution in [0, 0.1) is 0 Å². The smallest absolute Gasteiger partial charge is 0.0954 e. The van der Waals surface area contributed by atoms with E-state index in [1.54, 1.807) is 0 Å². The molecule has 1 aliphatic heterocycles. The van der Waals surface area contributed by atoms with Crippen molar-refractivity contribution in [3.8, 4) is 0 Å². The molecule has 14 heavy (non-hydrogen) atoms. The Morgan fingerprint density at radius 1 is 1.36 bits per heavy atom. The number of imidazole rings is 1. The third-order valence-electron chi connectivity index (χ3n) is 3.49. The fraction of sp³-hybridized carbons (Fsp3) is 0.727. The van der Waals surface area contributed by atoms with Gasteiger partial charge in [-0.2, -0.15) is 0 Å². The predicted octanol–water partition coefficient (Wildman–Crippen LogP) is 1.30. The number of nitrogens with one attached hydrogen (secondary N) is 1. The zero-order valence-electron chi connectivity index (χ0n) is 8.50. The molecule has 3 nitrogen and oxygen atoms in total. The Balaban J connectivity index is 1.93. The van der Waals surface area contributed by atoms with Gasteiger partial charge in [-0.3, -0.25) is 0 Å². The van der Waals surface area contributed by atoms with Crippen molar-refractivity contribution < 1.29 is 0 Å². The number of hydrogen-bond donors (Lipinski definition) is 1. The third-order valence-corrected chi connectivity index (χ3v) is 3.49. The van der Waals surface area contributed by atoms with Gasteiger partial charge in [0.25, 0.3) is 0 Å². The van der Waals surface area contributed by atoms with Gasteiger partial charge in [0.15, 0.2) is 0 Å². The van der Waals surface area contributed by atoms with Crippen molar-refractivity contribution in [2.24, 2.45) is 0 Å². The first-order valence-corrected chi connectivity index (χ1v) is 5.70. The second-order valence-electron chi connectivity index (χ2n) is 4.40. The lowest BCUT2D eigenvalue weighted by Crippen LogP contribution is -2.16. The first-order chi connectivity index (χ1) is 6.95. The molecule has 3 heteroatoms. The highest BCUT2D eigenvalue weighted by Gasteiger charge is 2.22. The van der Waals surface area contributed by atoms with Gasteiger partial charge in [-0.05, 0) is 38.6 Å². The van der Waals surface area contributed by atoms with Crippen LogP contribution in [0.2, 0.25) is 0 Å². The lowest BCUT2D eigenvalue weighted by Gasteiger charge is -2.18. The molecule has 2 aliphatic rings. The average Bonchev–Trinajstić information content (AvgIpc) is 2.85. The summed E-state index contributed by atoms with van der Waals surface area (Å²) in [4.78, 5) is 4.54. The van der Waals surface area contributed by atoms with Crippen LogP contribution in [0.3, 0.4) is 0 Å². The molecule has 0 amide bonds. The van der Waals surface area contributed by atoms with Crippen LogP contribution in [-0.2, 0) is 12.8 Å². The van der Waals surface area contributed by atoms with Gasteiger partial charge in [0.1, 0.15) is 0 Å². The van der Waals surface area contributed by atoms with Gasteiger partial charge in [-0.1, -0.05) is 0 Å². The van der Waals surface area contributed by atoms with Crippen LogP contribution < -0.4 is 5.32 Å². The van der Waals surface area contributed by atoms with Crippen molar-refractivity contribution in [3.63, 3.8) is 0 Å². The maximum Gasteiger partial charge on any atom is 0.0954 e. The van der Waals surface area contributed by atoms with E-state index in [4.69, 9.17) is 0 Å². The zero-order chi connectivity index (χ0) is 9.38. The quantitative estimate of drug-likeness (QED) is 0.725. The molecule has 1 atom stereocenters. The van der Waals surface area contributed by atoms with Gasteiger partial charge in [-0.15, -0.1) is 0 Å². The van der Waals surface area contributed by atoms with E-state index >= 15 is 0 Å². The molecule has 0 saturated carbocycles. The van der Waals surface area contributed by atoms with E-state index in [1.165, 1.54) is 43.5 Å². The number of rotatable bonds is 1. The molecule has 1 unspecified atom stereocenters. The van der Waals surface area contributed by atoms with Crippen molar-refractivity contribution in [1.29, 1.82) is 0 Å². The number of nitrogens with zero attached hydrogens (tertiary/aromatic N) is 2. The largest absolute Gasteiger partial charge is 0.330 e. The second-order valence-corrected chi connectivity index (χ2v) is 4.40. The van der Waals surface area contributed by atoms with Crippen molar-refractivity contribution in [2.75, 3.05) is 13.1 Å². The zero-order valence-corrected chi connectivity index (χ0v) is 8.50. The first kappa shape index (κ1) is 8.48. The molecule has 1 fully saturated rings. The maximum absolute atomic E-state index is 4.54. The van der Waals surface area contributed by atoms with E-state index in [1.807, 2.05) is 0 Å². The Morgan fingerprint density at radius 2 is 2.29 bits per heavy atom. The van der Waals surface area contributed by atoms with Gasteiger partial charge in [-0.25, -0.2) is 4.98 Å². The van der Waals surface area contributed by atoms with Crippen molar-refractivity contribution in [1.82, 2.24) is 14.9 Å². The number of aryl methyl sites for hydroxylation is 1. The lowest BCUT2D eigenvalue weighted by molar-refractivity contribution is 0.511. The highest BCUT2D eigenvalue weighted by Crippen LogP contribution is 2.25. The molecular formula is C11H17N3. The second kappa shape index (κ2) is 3.39. The monoisotopic (exact) mass is 191 g/mol. The van der Waals surface area contributed by atoms with E-state index in [2.05, 4.69) is 21.2 Å². The molecule has 2 heterocycles. The van der Waals surface area contributed by atoms with Crippen LogP contribution in [-0.4, -0.2) is 22.6 Å². The number of hydrogen-bond acceptors (Lipinski definition) is 2. The van der Waals surface area contributed by atoms with Gasteiger partial charge < -0.3 is 9.88 Å². The Kier molecular flexibility index (Phi) is 2.05. The van der Waals surface area contributed by atoms with E-state index in [0.717, 1.165) is 13.1 Å². The van der Waals surface area contributed by atoms with Crippen molar-refractivity contribution in [3.05, 3.63) is 17.7 Å². The molecule has 76 valence electrons. The standard InChI is InChI=1S/C11H17N3/c1-2-4-11-10(3-1)13-8-14(11)9-5-6-12-7-9/h8-9,12H,1-7H2. The number of aromatic nitrogens is 2. The Labute approximate surface area is 84.5 Å². The fourth-order valence-corrected chi connectivity index (χ4v) is 2.68. The molecule has 1 aromatic heterocycles. The highest BCUT2D eigenvalue weighted by atomic mass is 15.1. The van der Waals surface area contributed by atoms with Gasteiger partial charge in [0, 0.05) is 18.3 Å². The molecule has 1 aromatic rings.